The zero-order valence-corrected chi connectivity index (χ0v) is 12.9. The second-order valence-electron chi connectivity index (χ2n) is 4.46. The van der Waals surface area contributed by atoms with Crippen LogP contribution in [0.3, 0.4) is 0 Å². The van der Waals surface area contributed by atoms with Crippen molar-refractivity contribution in [3.63, 3.8) is 0 Å². The molecule has 0 fully saturated rings. The van der Waals surface area contributed by atoms with Gasteiger partial charge in [0.15, 0.2) is 0 Å². The molecule has 0 bridgehead atoms. The lowest BCUT2D eigenvalue weighted by Gasteiger charge is -2.23. The molecule has 0 N–H and O–H groups in total. The van der Waals surface area contributed by atoms with Gasteiger partial charge in [0.1, 0.15) is 0 Å². The van der Waals surface area contributed by atoms with Gasteiger partial charge in [0, 0.05) is 11.6 Å². The lowest BCUT2D eigenvalue weighted by atomic mass is 10.2. The standard InChI is InChI=1S/C15H16ClNO2S/c1-3-17(14-6-4-5-13(16)11-14)20(18,19)15-9-7-12(2)8-10-15/h4-11H,3H2,1-2H3. The fourth-order valence-electron chi connectivity index (χ4n) is 1.96. The molecule has 0 aliphatic carbocycles. The van der Waals surface area contributed by atoms with Crippen LogP contribution in [0, 0.1) is 6.92 Å². The molecule has 0 spiro atoms. The van der Waals surface area contributed by atoms with Crippen molar-refractivity contribution in [3.05, 3.63) is 59.1 Å². The lowest BCUT2D eigenvalue weighted by molar-refractivity contribution is 0.592. The van der Waals surface area contributed by atoms with E-state index in [9.17, 15) is 8.42 Å². The number of hydrogen-bond acceptors (Lipinski definition) is 2. The van der Waals surface area contributed by atoms with E-state index in [2.05, 4.69) is 0 Å². The minimum atomic E-state index is -3.56. The number of halogens is 1. The lowest BCUT2D eigenvalue weighted by Crippen LogP contribution is -2.30. The Bertz CT molecular complexity index is 696. The average molecular weight is 310 g/mol. The minimum Gasteiger partial charge on any atom is -0.267 e. The Kier molecular flexibility index (Phi) is 4.35. The average Bonchev–Trinajstić information content (AvgIpc) is 2.40. The summed E-state index contributed by atoms with van der Waals surface area (Å²) in [4.78, 5) is 0.282. The van der Waals surface area contributed by atoms with Gasteiger partial charge >= 0.3 is 0 Å². The van der Waals surface area contributed by atoms with Crippen LogP contribution >= 0.6 is 11.6 Å². The van der Waals surface area contributed by atoms with E-state index >= 15 is 0 Å². The molecule has 0 amide bonds. The largest absolute Gasteiger partial charge is 0.267 e. The van der Waals surface area contributed by atoms with E-state index < -0.39 is 10.0 Å². The number of sulfonamides is 1. The van der Waals surface area contributed by atoms with Crippen molar-refractivity contribution >= 4 is 27.3 Å². The van der Waals surface area contributed by atoms with Crippen LogP contribution in [0.2, 0.25) is 5.02 Å². The van der Waals surface area contributed by atoms with Crippen molar-refractivity contribution in [2.75, 3.05) is 10.8 Å². The van der Waals surface area contributed by atoms with Crippen molar-refractivity contribution in [1.29, 1.82) is 0 Å². The topological polar surface area (TPSA) is 37.4 Å². The Balaban J connectivity index is 2.47. The van der Waals surface area contributed by atoms with Crippen LogP contribution in [-0.2, 0) is 10.0 Å². The normalized spacial score (nSPS) is 11.3. The highest BCUT2D eigenvalue weighted by Crippen LogP contribution is 2.25. The fourth-order valence-corrected chi connectivity index (χ4v) is 3.61. The van der Waals surface area contributed by atoms with Gasteiger partial charge in [-0.3, -0.25) is 4.31 Å². The second kappa shape index (κ2) is 5.85. The first kappa shape index (κ1) is 14.9. The van der Waals surface area contributed by atoms with Crippen LogP contribution in [0.5, 0.6) is 0 Å². The molecule has 0 heterocycles. The molecule has 2 aromatic carbocycles. The molecule has 106 valence electrons. The SMILES string of the molecule is CCN(c1cccc(Cl)c1)S(=O)(=O)c1ccc(C)cc1. The Morgan fingerprint density at radius 1 is 1.10 bits per heavy atom. The highest BCUT2D eigenvalue weighted by atomic mass is 35.5. The summed E-state index contributed by atoms with van der Waals surface area (Å²) in [6.07, 6.45) is 0. The Hall–Kier alpha value is -1.52. The van der Waals surface area contributed by atoms with Gasteiger partial charge < -0.3 is 0 Å². The minimum absolute atomic E-state index is 0.282. The molecular weight excluding hydrogens is 294 g/mol. The molecule has 0 radical (unpaired) electrons. The van der Waals surface area contributed by atoms with Crippen molar-refractivity contribution < 1.29 is 8.42 Å². The molecule has 3 nitrogen and oxygen atoms in total. The third-order valence-electron chi connectivity index (χ3n) is 2.99. The van der Waals surface area contributed by atoms with Crippen molar-refractivity contribution in [1.82, 2.24) is 0 Å². The number of anilines is 1. The summed E-state index contributed by atoms with van der Waals surface area (Å²) >= 11 is 5.94. The monoisotopic (exact) mass is 309 g/mol. The maximum atomic E-state index is 12.7. The van der Waals surface area contributed by atoms with Crippen LogP contribution in [0.25, 0.3) is 0 Å². The summed E-state index contributed by atoms with van der Waals surface area (Å²) in [5.41, 5.74) is 1.59. The first-order valence-electron chi connectivity index (χ1n) is 6.30. The second-order valence-corrected chi connectivity index (χ2v) is 6.76. The molecule has 0 aromatic heterocycles. The maximum Gasteiger partial charge on any atom is 0.264 e. The van der Waals surface area contributed by atoms with E-state index in [1.165, 1.54) is 4.31 Å². The summed E-state index contributed by atoms with van der Waals surface area (Å²) in [7, 11) is -3.56. The fraction of sp³-hybridized carbons (Fsp3) is 0.200. The third kappa shape index (κ3) is 2.97. The zero-order chi connectivity index (χ0) is 14.8. The molecule has 0 saturated heterocycles. The van der Waals surface area contributed by atoms with Gasteiger partial charge in [-0.15, -0.1) is 0 Å². The Labute approximate surface area is 124 Å². The number of hydrogen-bond donors (Lipinski definition) is 0. The number of rotatable bonds is 4. The van der Waals surface area contributed by atoms with E-state index in [4.69, 9.17) is 11.6 Å². The van der Waals surface area contributed by atoms with Gasteiger partial charge in [0.2, 0.25) is 0 Å². The van der Waals surface area contributed by atoms with E-state index in [0.29, 0.717) is 17.3 Å². The van der Waals surface area contributed by atoms with Gasteiger partial charge in [-0.2, -0.15) is 0 Å². The summed E-state index contributed by atoms with van der Waals surface area (Å²) in [6, 6.07) is 13.7. The molecule has 0 saturated carbocycles. The van der Waals surface area contributed by atoms with Crippen LogP contribution < -0.4 is 4.31 Å². The van der Waals surface area contributed by atoms with Crippen LogP contribution in [0.1, 0.15) is 12.5 Å². The quantitative estimate of drug-likeness (QED) is 0.860. The molecule has 0 aliphatic rings. The Morgan fingerprint density at radius 2 is 1.75 bits per heavy atom. The predicted octanol–water partition coefficient (Wildman–Crippen LogP) is 3.86. The maximum absolute atomic E-state index is 12.7. The van der Waals surface area contributed by atoms with E-state index in [0.717, 1.165) is 5.56 Å². The molecule has 0 atom stereocenters. The van der Waals surface area contributed by atoms with Crippen molar-refractivity contribution in [2.45, 2.75) is 18.7 Å². The number of aryl methyl sites for hydroxylation is 1. The molecular formula is C15H16ClNO2S. The van der Waals surface area contributed by atoms with Gasteiger partial charge in [-0.25, -0.2) is 8.42 Å². The van der Waals surface area contributed by atoms with Crippen molar-refractivity contribution in [2.24, 2.45) is 0 Å². The summed E-state index contributed by atoms with van der Waals surface area (Å²) in [5.74, 6) is 0. The smallest absolute Gasteiger partial charge is 0.264 e. The summed E-state index contributed by atoms with van der Waals surface area (Å²) < 4.78 is 26.7. The molecule has 2 rings (SSSR count). The Morgan fingerprint density at radius 3 is 2.30 bits per heavy atom. The van der Waals surface area contributed by atoms with E-state index in [1.807, 2.05) is 6.92 Å². The van der Waals surface area contributed by atoms with Gasteiger partial charge in [0.05, 0.1) is 10.6 Å². The molecule has 0 aliphatic heterocycles. The molecule has 2 aromatic rings. The van der Waals surface area contributed by atoms with Crippen LogP contribution in [0.15, 0.2) is 53.4 Å². The van der Waals surface area contributed by atoms with Gasteiger partial charge in [-0.05, 0) is 44.2 Å². The first-order chi connectivity index (χ1) is 9.45. The molecule has 5 heteroatoms. The molecule has 0 unspecified atom stereocenters. The first-order valence-corrected chi connectivity index (χ1v) is 8.12. The number of nitrogens with zero attached hydrogens (tertiary/aromatic N) is 1. The van der Waals surface area contributed by atoms with Gasteiger partial charge in [-0.1, -0.05) is 35.4 Å². The predicted molar refractivity (Wildman–Crippen MR) is 82.8 cm³/mol. The highest BCUT2D eigenvalue weighted by molar-refractivity contribution is 7.92. The highest BCUT2D eigenvalue weighted by Gasteiger charge is 2.23. The summed E-state index contributed by atoms with van der Waals surface area (Å²) in [5, 5.41) is 0.514. The molecule has 20 heavy (non-hydrogen) atoms. The number of benzene rings is 2. The van der Waals surface area contributed by atoms with Crippen LogP contribution in [0.4, 0.5) is 5.69 Å². The van der Waals surface area contributed by atoms with E-state index in [1.54, 1.807) is 55.5 Å². The third-order valence-corrected chi connectivity index (χ3v) is 5.14. The summed E-state index contributed by atoms with van der Waals surface area (Å²) in [6.45, 7) is 4.06. The zero-order valence-electron chi connectivity index (χ0n) is 11.4. The van der Waals surface area contributed by atoms with E-state index in [-0.39, 0.29) is 4.90 Å². The van der Waals surface area contributed by atoms with Gasteiger partial charge in [0.25, 0.3) is 10.0 Å². The van der Waals surface area contributed by atoms with Crippen molar-refractivity contribution in [3.8, 4) is 0 Å². The van der Waals surface area contributed by atoms with Crippen LogP contribution in [-0.4, -0.2) is 15.0 Å².